The van der Waals surface area contributed by atoms with Gasteiger partial charge in [-0.05, 0) is 31.1 Å². The number of halogens is 1. The van der Waals surface area contributed by atoms with Gasteiger partial charge in [0.05, 0.1) is 25.0 Å². The van der Waals surface area contributed by atoms with Gasteiger partial charge >= 0.3 is 6.09 Å². The zero-order valence-corrected chi connectivity index (χ0v) is 13.3. The first-order valence-electron chi connectivity index (χ1n) is 7.87. The molecular weight excluding hydrogens is 315 g/mol. The first-order valence-corrected chi connectivity index (χ1v) is 7.87. The number of cyclic esters (lactones) is 1. The summed E-state index contributed by atoms with van der Waals surface area (Å²) in [5.41, 5.74) is 0.906. The number of nitrogens with one attached hydrogen (secondary N) is 1. The van der Waals surface area contributed by atoms with E-state index in [2.05, 4.69) is 5.32 Å². The number of hydrogen-bond acceptors (Lipinski definition) is 4. The van der Waals surface area contributed by atoms with Crippen LogP contribution in [0.3, 0.4) is 0 Å². The summed E-state index contributed by atoms with van der Waals surface area (Å²) in [6.07, 6.45) is 3.75. The quantitative estimate of drug-likeness (QED) is 0.919. The van der Waals surface area contributed by atoms with Gasteiger partial charge in [-0.25, -0.2) is 9.18 Å². The number of anilines is 1. The third-order valence-electron chi connectivity index (χ3n) is 4.03. The predicted octanol–water partition coefficient (Wildman–Crippen LogP) is 2.65. The molecule has 0 radical (unpaired) electrons. The van der Waals surface area contributed by atoms with Crippen LogP contribution >= 0.6 is 0 Å². The van der Waals surface area contributed by atoms with Crippen LogP contribution in [0.25, 0.3) is 0 Å². The zero-order valence-electron chi connectivity index (χ0n) is 13.3. The molecule has 0 bridgehead atoms. The van der Waals surface area contributed by atoms with Crippen LogP contribution < -0.4 is 10.2 Å². The molecule has 6 nitrogen and oxygen atoms in total. The maximum Gasteiger partial charge on any atom is 0.414 e. The van der Waals surface area contributed by atoms with E-state index in [1.165, 1.54) is 17.9 Å². The van der Waals surface area contributed by atoms with Crippen molar-refractivity contribution in [1.29, 1.82) is 0 Å². The lowest BCUT2D eigenvalue weighted by molar-refractivity contribution is -0.119. The summed E-state index contributed by atoms with van der Waals surface area (Å²) in [5.74, 6) is -0.604. The van der Waals surface area contributed by atoms with E-state index in [-0.39, 0.29) is 25.1 Å². The Hall–Kier alpha value is -2.57. The highest BCUT2D eigenvalue weighted by Crippen LogP contribution is 2.31. The van der Waals surface area contributed by atoms with Crippen molar-refractivity contribution in [2.24, 2.45) is 0 Å². The molecule has 2 heterocycles. The Morgan fingerprint density at radius 3 is 2.96 bits per heavy atom. The monoisotopic (exact) mass is 334 g/mol. The van der Waals surface area contributed by atoms with Gasteiger partial charge in [-0.2, -0.15) is 0 Å². The Kier molecular flexibility index (Phi) is 4.69. The summed E-state index contributed by atoms with van der Waals surface area (Å²) in [7, 11) is 0. The van der Waals surface area contributed by atoms with Crippen molar-refractivity contribution in [3.05, 3.63) is 41.9 Å². The van der Waals surface area contributed by atoms with Crippen LogP contribution in [0.1, 0.15) is 31.4 Å². The number of amides is 2. The minimum absolute atomic E-state index is 0.193. The van der Waals surface area contributed by atoms with Crippen molar-refractivity contribution in [1.82, 2.24) is 5.32 Å². The van der Waals surface area contributed by atoms with Gasteiger partial charge in [0.25, 0.3) is 0 Å². The largest absolute Gasteiger partial charge is 0.494 e. The van der Waals surface area contributed by atoms with Crippen LogP contribution in [0.15, 0.2) is 30.5 Å². The summed E-state index contributed by atoms with van der Waals surface area (Å²) in [6.45, 7) is 1.89. The Morgan fingerprint density at radius 1 is 1.46 bits per heavy atom. The lowest BCUT2D eigenvalue weighted by Crippen LogP contribution is -2.33. The molecule has 7 heteroatoms. The molecule has 1 fully saturated rings. The number of hydrogen-bond donors (Lipinski definition) is 1. The lowest BCUT2D eigenvalue weighted by atomic mass is 10.0. The summed E-state index contributed by atoms with van der Waals surface area (Å²) in [4.78, 5) is 24.3. The molecular formula is C17H19FN2O4. The van der Waals surface area contributed by atoms with E-state index in [4.69, 9.17) is 9.47 Å². The summed E-state index contributed by atoms with van der Waals surface area (Å²) in [5, 5.41) is 2.60. The summed E-state index contributed by atoms with van der Waals surface area (Å²) >= 11 is 0. The van der Waals surface area contributed by atoms with Crippen LogP contribution in [0.4, 0.5) is 14.9 Å². The molecule has 1 saturated heterocycles. The van der Waals surface area contributed by atoms with Crippen LogP contribution in [0, 0.1) is 5.82 Å². The van der Waals surface area contributed by atoms with Crippen molar-refractivity contribution in [2.45, 2.75) is 32.0 Å². The molecule has 3 rings (SSSR count). The molecule has 2 amide bonds. The van der Waals surface area contributed by atoms with Crippen LogP contribution in [0.2, 0.25) is 0 Å². The molecule has 1 aromatic rings. The molecule has 1 N–H and O–H groups in total. The Balaban J connectivity index is 1.70. The number of benzene rings is 1. The van der Waals surface area contributed by atoms with Gasteiger partial charge in [-0.1, -0.05) is 6.07 Å². The van der Waals surface area contributed by atoms with E-state index >= 15 is 0 Å². The van der Waals surface area contributed by atoms with E-state index in [1.54, 1.807) is 18.4 Å². The van der Waals surface area contributed by atoms with Crippen LogP contribution in [-0.2, 0) is 14.3 Å². The molecule has 0 aliphatic carbocycles. The predicted molar refractivity (Wildman–Crippen MR) is 84.9 cm³/mol. The molecule has 1 unspecified atom stereocenters. The smallest absolute Gasteiger partial charge is 0.414 e. The second kappa shape index (κ2) is 6.90. The first-order chi connectivity index (χ1) is 11.5. The third-order valence-corrected chi connectivity index (χ3v) is 4.03. The normalized spacial score (nSPS) is 22.9. The van der Waals surface area contributed by atoms with E-state index in [1.807, 2.05) is 6.08 Å². The van der Waals surface area contributed by atoms with Crippen molar-refractivity contribution >= 4 is 17.7 Å². The number of carbonyl (C=O) groups is 2. The topological polar surface area (TPSA) is 67.9 Å². The van der Waals surface area contributed by atoms with Crippen LogP contribution in [0.5, 0.6) is 0 Å². The molecule has 1 aromatic carbocycles. The molecule has 2 atom stereocenters. The van der Waals surface area contributed by atoms with Gasteiger partial charge in [-0.3, -0.25) is 9.69 Å². The standard InChI is InChI=1S/C17H19FN2O4/c1-11(21)19-9-13-10-20(17(22)24-13)12-5-6-14(15(18)8-12)16-4-2-3-7-23-16/h3,5-8,13,16H,2,4,9-10H2,1H3,(H,19,21)/t13-,16?/m0/s1. The van der Waals surface area contributed by atoms with E-state index in [0.717, 1.165) is 12.8 Å². The number of nitrogens with zero attached hydrogens (tertiary/aromatic N) is 1. The number of allylic oxidation sites excluding steroid dienone is 1. The van der Waals surface area contributed by atoms with E-state index in [0.29, 0.717) is 11.3 Å². The average molecular weight is 334 g/mol. The first kappa shape index (κ1) is 16.3. The Morgan fingerprint density at radius 2 is 2.29 bits per heavy atom. The second-order valence-corrected chi connectivity index (χ2v) is 5.83. The van der Waals surface area contributed by atoms with Gasteiger partial charge in [0.2, 0.25) is 5.91 Å². The van der Waals surface area contributed by atoms with Gasteiger partial charge in [0.1, 0.15) is 18.0 Å². The lowest BCUT2D eigenvalue weighted by Gasteiger charge is -2.21. The Labute approximate surface area is 139 Å². The number of carbonyl (C=O) groups excluding carboxylic acids is 2. The van der Waals surface area contributed by atoms with Gasteiger partial charge in [-0.15, -0.1) is 0 Å². The second-order valence-electron chi connectivity index (χ2n) is 5.83. The molecule has 128 valence electrons. The van der Waals surface area contributed by atoms with Crippen LogP contribution in [-0.4, -0.2) is 31.2 Å². The molecule has 24 heavy (non-hydrogen) atoms. The van der Waals surface area contributed by atoms with Crippen molar-refractivity contribution in [3.63, 3.8) is 0 Å². The minimum atomic E-state index is -0.547. The van der Waals surface area contributed by atoms with Crippen molar-refractivity contribution in [3.8, 4) is 0 Å². The summed E-state index contributed by atoms with van der Waals surface area (Å²) in [6, 6.07) is 4.64. The van der Waals surface area contributed by atoms with E-state index in [9.17, 15) is 14.0 Å². The maximum atomic E-state index is 14.4. The fourth-order valence-corrected chi connectivity index (χ4v) is 2.80. The summed E-state index contributed by atoms with van der Waals surface area (Å²) < 4.78 is 25.0. The zero-order chi connectivity index (χ0) is 17.1. The number of rotatable bonds is 4. The molecule has 0 saturated carbocycles. The maximum absolute atomic E-state index is 14.4. The molecule has 2 aliphatic heterocycles. The van der Waals surface area contributed by atoms with Crippen molar-refractivity contribution in [2.75, 3.05) is 18.0 Å². The fourth-order valence-electron chi connectivity index (χ4n) is 2.80. The highest BCUT2D eigenvalue weighted by Gasteiger charge is 2.33. The SMILES string of the molecule is CC(=O)NC[C@H]1CN(c2ccc(C3CCC=CO3)c(F)c2)C(=O)O1. The highest BCUT2D eigenvalue weighted by atomic mass is 19.1. The van der Waals surface area contributed by atoms with Gasteiger partial charge in [0.15, 0.2) is 0 Å². The van der Waals surface area contributed by atoms with Gasteiger partial charge in [0, 0.05) is 12.5 Å². The fraction of sp³-hybridized carbons (Fsp3) is 0.412. The molecule has 0 aromatic heterocycles. The molecule has 0 spiro atoms. The van der Waals surface area contributed by atoms with Gasteiger partial charge < -0.3 is 14.8 Å². The van der Waals surface area contributed by atoms with E-state index < -0.39 is 18.0 Å². The average Bonchev–Trinajstić information content (AvgIpc) is 2.94. The highest BCUT2D eigenvalue weighted by molar-refractivity contribution is 5.89. The Bertz CT molecular complexity index is 677. The minimum Gasteiger partial charge on any atom is -0.494 e. The van der Waals surface area contributed by atoms with Crippen molar-refractivity contribution < 1.29 is 23.5 Å². The third kappa shape index (κ3) is 3.50. The molecule has 2 aliphatic rings. The number of ether oxygens (including phenoxy) is 2.